The lowest BCUT2D eigenvalue weighted by Crippen LogP contribution is -2.40. The first-order chi connectivity index (χ1) is 18.4. The Morgan fingerprint density at radius 2 is 1.87 bits per heavy atom. The molecular formula is C30H25BrN2O3S2. The molecule has 8 heteroatoms. The maximum atomic E-state index is 13.9. The Kier molecular flexibility index (Phi) is 7.83. The molecule has 5 nitrogen and oxygen atoms in total. The Morgan fingerprint density at radius 1 is 1.13 bits per heavy atom. The van der Waals surface area contributed by atoms with Gasteiger partial charge in [0, 0.05) is 14.9 Å². The molecule has 0 unspecified atom stereocenters. The highest BCUT2D eigenvalue weighted by atomic mass is 79.9. The van der Waals surface area contributed by atoms with Gasteiger partial charge in [-0.2, -0.15) is 0 Å². The molecule has 0 saturated heterocycles. The topological polar surface area (TPSA) is 60.7 Å². The summed E-state index contributed by atoms with van der Waals surface area (Å²) in [5.74, 6) is -0.481. The van der Waals surface area contributed by atoms with Crippen LogP contribution in [0.1, 0.15) is 35.2 Å². The fourth-order valence-electron chi connectivity index (χ4n) is 4.39. The minimum absolute atomic E-state index is 0.196. The summed E-state index contributed by atoms with van der Waals surface area (Å²) < 4.78 is 8.68. The van der Waals surface area contributed by atoms with Crippen molar-refractivity contribution < 1.29 is 9.53 Å². The van der Waals surface area contributed by atoms with Crippen LogP contribution in [0.15, 0.2) is 97.5 Å². The molecule has 4 aromatic rings. The van der Waals surface area contributed by atoms with Crippen molar-refractivity contribution in [3.8, 4) is 0 Å². The molecule has 0 aliphatic carbocycles. The molecule has 1 aliphatic heterocycles. The lowest BCUT2D eigenvalue weighted by Gasteiger charge is -2.26. The molecule has 0 bridgehead atoms. The number of aryl methyl sites for hydroxylation is 1. The molecule has 38 heavy (non-hydrogen) atoms. The second-order valence-corrected chi connectivity index (χ2v) is 11.5. The number of hydrogen-bond acceptors (Lipinski definition) is 6. The van der Waals surface area contributed by atoms with E-state index in [0.29, 0.717) is 20.6 Å². The van der Waals surface area contributed by atoms with Crippen LogP contribution in [0.2, 0.25) is 0 Å². The Labute approximate surface area is 237 Å². The van der Waals surface area contributed by atoms with E-state index in [0.717, 1.165) is 31.6 Å². The quantitative estimate of drug-likeness (QED) is 0.208. The van der Waals surface area contributed by atoms with Gasteiger partial charge >= 0.3 is 5.97 Å². The number of thiazole rings is 1. The van der Waals surface area contributed by atoms with Gasteiger partial charge in [-0.1, -0.05) is 81.9 Å². The SMILES string of the molecule is CCOC(=O)C1=C(c2ccccc2)N=c2s/c(=C\c3ccc(C)c(Br)c3)c(=O)n2[C@@H]1c1ccc(SC)cc1. The minimum atomic E-state index is -0.677. The highest BCUT2D eigenvalue weighted by Gasteiger charge is 2.35. The average Bonchev–Trinajstić information content (AvgIpc) is 3.24. The zero-order valence-corrected chi connectivity index (χ0v) is 24.3. The first-order valence-electron chi connectivity index (χ1n) is 12.1. The summed E-state index contributed by atoms with van der Waals surface area (Å²) in [6, 6.07) is 22.8. The number of esters is 1. The second kappa shape index (κ2) is 11.3. The van der Waals surface area contributed by atoms with E-state index in [1.807, 2.05) is 92.1 Å². The number of carbonyl (C=O) groups excluding carboxylic acids is 1. The van der Waals surface area contributed by atoms with Gasteiger partial charge in [-0.15, -0.1) is 11.8 Å². The molecule has 0 N–H and O–H groups in total. The van der Waals surface area contributed by atoms with Crippen LogP contribution in [0.5, 0.6) is 0 Å². The third-order valence-electron chi connectivity index (χ3n) is 6.30. The number of rotatable bonds is 6. The van der Waals surface area contributed by atoms with Gasteiger partial charge < -0.3 is 4.74 Å². The van der Waals surface area contributed by atoms with E-state index in [1.165, 1.54) is 11.3 Å². The molecule has 5 rings (SSSR count). The van der Waals surface area contributed by atoms with Crippen molar-refractivity contribution in [3.63, 3.8) is 0 Å². The van der Waals surface area contributed by atoms with Crippen molar-refractivity contribution in [2.24, 2.45) is 4.99 Å². The molecular weight excluding hydrogens is 580 g/mol. The minimum Gasteiger partial charge on any atom is -0.463 e. The lowest BCUT2D eigenvalue weighted by molar-refractivity contribution is -0.138. The van der Waals surface area contributed by atoms with Gasteiger partial charge in [-0.3, -0.25) is 9.36 Å². The van der Waals surface area contributed by atoms with E-state index in [1.54, 1.807) is 23.3 Å². The van der Waals surface area contributed by atoms with Crippen molar-refractivity contribution >= 4 is 56.8 Å². The van der Waals surface area contributed by atoms with Crippen molar-refractivity contribution in [2.45, 2.75) is 24.8 Å². The molecule has 1 aromatic heterocycles. The van der Waals surface area contributed by atoms with E-state index in [9.17, 15) is 9.59 Å². The molecule has 3 aromatic carbocycles. The monoisotopic (exact) mass is 604 g/mol. The molecule has 1 atom stereocenters. The van der Waals surface area contributed by atoms with Gasteiger partial charge in [0.1, 0.15) is 0 Å². The standard InChI is InChI=1S/C30H25BrN2O3S2/c1-4-36-29(35)25-26(20-8-6-5-7-9-20)32-30-33(27(25)21-12-14-22(37-3)15-13-21)28(34)24(38-30)17-19-11-10-18(2)23(31)16-19/h5-17,27H,4H2,1-3H3/b24-17-/t27-/m1/s1. The van der Waals surface area contributed by atoms with Crippen LogP contribution in [0, 0.1) is 6.92 Å². The number of fused-ring (bicyclic) bond motifs is 1. The Balaban J connectivity index is 1.81. The molecule has 192 valence electrons. The maximum absolute atomic E-state index is 13.9. The first kappa shape index (κ1) is 26.4. The Bertz CT molecular complexity index is 1720. The van der Waals surface area contributed by atoms with E-state index in [2.05, 4.69) is 15.9 Å². The third kappa shape index (κ3) is 5.08. The predicted octanol–water partition coefficient (Wildman–Crippen LogP) is 5.73. The molecule has 0 amide bonds. The van der Waals surface area contributed by atoms with Crippen LogP contribution in [0.3, 0.4) is 0 Å². The van der Waals surface area contributed by atoms with Gasteiger partial charge in [0.2, 0.25) is 0 Å². The van der Waals surface area contributed by atoms with Crippen molar-refractivity contribution in [1.29, 1.82) is 0 Å². The largest absolute Gasteiger partial charge is 0.463 e. The number of halogens is 1. The van der Waals surface area contributed by atoms with Crippen LogP contribution in [0.4, 0.5) is 0 Å². The summed E-state index contributed by atoms with van der Waals surface area (Å²) >= 11 is 6.54. The smallest absolute Gasteiger partial charge is 0.338 e. The first-order valence-corrected chi connectivity index (χ1v) is 14.9. The van der Waals surface area contributed by atoms with E-state index < -0.39 is 12.0 Å². The predicted molar refractivity (Wildman–Crippen MR) is 158 cm³/mol. The fourth-order valence-corrected chi connectivity index (χ4v) is 6.20. The van der Waals surface area contributed by atoms with Gasteiger partial charge in [0.15, 0.2) is 4.80 Å². The maximum Gasteiger partial charge on any atom is 0.338 e. The summed E-state index contributed by atoms with van der Waals surface area (Å²) in [4.78, 5) is 34.0. The summed E-state index contributed by atoms with van der Waals surface area (Å²) in [6.07, 6.45) is 3.89. The van der Waals surface area contributed by atoms with Gasteiger partial charge in [-0.05, 0) is 61.1 Å². The summed E-state index contributed by atoms with van der Waals surface area (Å²) in [5, 5.41) is 0. The number of carbonyl (C=O) groups is 1. The van der Waals surface area contributed by atoms with Gasteiger partial charge in [0.25, 0.3) is 5.56 Å². The number of thioether (sulfide) groups is 1. The molecule has 2 heterocycles. The number of ether oxygens (including phenoxy) is 1. The van der Waals surface area contributed by atoms with Crippen molar-refractivity contribution in [1.82, 2.24) is 4.57 Å². The summed E-state index contributed by atoms with van der Waals surface area (Å²) in [6.45, 7) is 4.01. The van der Waals surface area contributed by atoms with Crippen LogP contribution in [0.25, 0.3) is 11.8 Å². The highest BCUT2D eigenvalue weighted by Crippen LogP contribution is 2.35. The molecule has 0 saturated carbocycles. The van der Waals surface area contributed by atoms with Crippen molar-refractivity contribution in [2.75, 3.05) is 12.9 Å². The average molecular weight is 606 g/mol. The zero-order valence-electron chi connectivity index (χ0n) is 21.1. The third-order valence-corrected chi connectivity index (χ3v) is 8.88. The number of benzene rings is 3. The normalized spacial score (nSPS) is 15.3. The Hall–Kier alpha value is -3.20. The summed E-state index contributed by atoms with van der Waals surface area (Å²) in [5.41, 5.74) is 4.31. The number of aromatic nitrogens is 1. The molecule has 1 aliphatic rings. The van der Waals surface area contributed by atoms with Crippen LogP contribution < -0.4 is 14.9 Å². The van der Waals surface area contributed by atoms with E-state index in [4.69, 9.17) is 9.73 Å². The highest BCUT2D eigenvalue weighted by molar-refractivity contribution is 9.10. The van der Waals surface area contributed by atoms with Crippen LogP contribution in [-0.4, -0.2) is 23.4 Å². The lowest BCUT2D eigenvalue weighted by atomic mass is 9.93. The molecule has 0 fully saturated rings. The van der Waals surface area contributed by atoms with E-state index >= 15 is 0 Å². The van der Waals surface area contributed by atoms with Crippen molar-refractivity contribution in [3.05, 3.63) is 125 Å². The molecule has 0 radical (unpaired) electrons. The van der Waals surface area contributed by atoms with Crippen LogP contribution >= 0.6 is 39.0 Å². The molecule has 0 spiro atoms. The second-order valence-electron chi connectivity index (χ2n) is 8.71. The van der Waals surface area contributed by atoms with Crippen LogP contribution in [-0.2, 0) is 9.53 Å². The number of hydrogen-bond donors (Lipinski definition) is 0. The summed E-state index contributed by atoms with van der Waals surface area (Å²) in [7, 11) is 0. The van der Waals surface area contributed by atoms with E-state index in [-0.39, 0.29) is 12.2 Å². The number of nitrogens with zero attached hydrogens (tertiary/aromatic N) is 2. The Morgan fingerprint density at radius 3 is 2.53 bits per heavy atom. The van der Waals surface area contributed by atoms with Gasteiger partial charge in [-0.25, -0.2) is 9.79 Å². The van der Waals surface area contributed by atoms with Gasteiger partial charge in [0.05, 0.1) is 28.5 Å². The zero-order chi connectivity index (χ0) is 26.8. The fraction of sp³-hybridized carbons (Fsp3) is 0.167.